The maximum Gasteiger partial charge on any atom is 0.237 e. The Balaban J connectivity index is 1.51. The Morgan fingerprint density at radius 2 is 1.90 bits per heavy atom. The fourth-order valence-electron chi connectivity index (χ4n) is 3.40. The van der Waals surface area contributed by atoms with E-state index < -0.39 is 0 Å². The first-order valence-electron chi connectivity index (χ1n) is 9.74. The molecule has 0 aromatic heterocycles. The molecule has 3 N–H and O–H groups in total. The molecule has 1 aliphatic heterocycles. The monoisotopic (exact) mass is 431 g/mol. The number of piperidine rings is 1. The van der Waals surface area contributed by atoms with Gasteiger partial charge in [-0.15, -0.1) is 11.8 Å². The van der Waals surface area contributed by atoms with E-state index in [1.54, 1.807) is 0 Å². The van der Waals surface area contributed by atoms with E-state index >= 15 is 0 Å². The van der Waals surface area contributed by atoms with Crippen molar-refractivity contribution < 1.29 is 9.59 Å². The van der Waals surface area contributed by atoms with E-state index in [1.807, 2.05) is 55.5 Å². The number of thioether (sulfide) groups is 1. The Morgan fingerprint density at radius 1 is 1.21 bits per heavy atom. The molecule has 2 atom stereocenters. The van der Waals surface area contributed by atoms with E-state index in [-0.39, 0.29) is 23.0 Å². The Bertz CT molecular complexity index is 842. The normalized spacial score (nSPS) is 18.2. The van der Waals surface area contributed by atoms with Crippen LogP contribution >= 0.6 is 23.4 Å². The summed E-state index contributed by atoms with van der Waals surface area (Å²) in [7, 11) is 0. The number of hydrogen-bond donors (Lipinski definition) is 2. The summed E-state index contributed by atoms with van der Waals surface area (Å²) in [6, 6.07) is 15.3. The van der Waals surface area contributed by atoms with Crippen molar-refractivity contribution in [3.8, 4) is 0 Å². The van der Waals surface area contributed by atoms with Crippen LogP contribution in [0.5, 0.6) is 0 Å². The molecule has 154 valence electrons. The number of nitrogens with two attached hydrogens (primary N) is 1. The maximum atomic E-state index is 12.5. The van der Waals surface area contributed by atoms with Crippen LogP contribution in [0.4, 0.5) is 5.69 Å². The number of primary amides is 1. The minimum absolute atomic E-state index is 0.0435. The van der Waals surface area contributed by atoms with Crippen LogP contribution in [0.1, 0.15) is 25.3 Å². The predicted octanol–water partition coefficient (Wildman–Crippen LogP) is 4.16. The van der Waals surface area contributed by atoms with Crippen molar-refractivity contribution in [2.45, 2.75) is 36.5 Å². The first-order chi connectivity index (χ1) is 13.9. The van der Waals surface area contributed by atoms with Crippen LogP contribution in [0, 0.1) is 5.92 Å². The summed E-state index contributed by atoms with van der Waals surface area (Å²) in [5, 5.41) is 3.42. The van der Waals surface area contributed by atoms with Gasteiger partial charge in [-0.2, -0.15) is 0 Å². The smallest absolute Gasteiger partial charge is 0.237 e. The number of benzene rings is 2. The van der Waals surface area contributed by atoms with Crippen LogP contribution in [0.25, 0.3) is 0 Å². The van der Waals surface area contributed by atoms with Crippen molar-refractivity contribution in [1.29, 1.82) is 0 Å². The average molecular weight is 432 g/mol. The summed E-state index contributed by atoms with van der Waals surface area (Å²) in [6.07, 6.45) is 1.87. The lowest BCUT2D eigenvalue weighted by atomic mass is 9.97. The number of carbonyl (C=O) groups is 2. The summed E-state index contributed by atoms with van der Waals surface area (Å²) in [5.74, 6) is -0.307. The van der Waals surface area contributed by atoms with Gasteiger partial charge in [-0.25, -0.2) is 0 Å². The standard InChI is InChI=1S/C22H26ClN3O2S/c1-15(29-20-10-6-18(23)7-11-20)22(28)25-19-8-4-16(5-9-19)13-26-12-2-3-17(14-26)21(24)27/h4-11,15,17H,2-3,12-14H2,1H3,(H2,24,27)(H,25,28). The highest BCUT2D eigenvalue weighted by Crippen LogP contribution is 2.26. The van der Waals surface area contributed by atoms with Gasteiger partial charge in [-0.1, -0.05) is 23.7 Å². The highest BCUT2D eigenvalue weighted by atomic mass is 35.5. The third kappa shape index (κ3) is 6.49. The largest absolute Gasteiger partial charge is 0.369 e. The second-order valence-electron chi connectivity index (χ2n) is 7.38. The SMILES string of the molecule is CC(Sc1ccc(Cl)cc1)C(=O)Nc1ccc(CN2CCCC(C(N)=O)C2)cc1. The lowest BCUT2D eigenvalue weighted by Crippen LogP contribution is -2.40. The van der Waals surface area contributed by atoms with Gasteiger partial charge in [0.25, 0.3) is 0 Å². The summed E-state index contributed by atoms with van der Waals surface area (Å²) < 4.78 is 0. The lowest BCUT2D eigenvalue weighted by molar-refractivity contribution is -0.123. The molecule has 0 radical (unpaired) electrons. The summed E-state index contributed by atoms with van der Waals surface area (Å²) >= 11 is 7.39. The maximum absolute atomic E-state index is 12.5. The van der Waals surface area contributed by atoms with E-state index in [1.165, 1.54) is 11.8 Å². The van der Waals surface area contributed by atoms with Gasteiger partial charge < -0.3 is 11.1 Å². The predicted molar refractivity (Wildman–Crippen MR) is 119 cm³/mol. The Hall–Kier alpha value is -2.02. The van der Waals surface area contributed by atoms with Crippen LogP contribution in [0.3, 0.4) is 0 Å². The molecule has 1 fully saturated rings. The van der Waals surface area contributed by atoms with Crippen molar-refractivity contribution >= 4 is 40.9 Å². The highest BCUT2D eigenvalue weighted by molar-refractivity contribution is 8.00. The number of likely N-dealkylation sites (tertiary alicyclic amines) is 1. The number of nitrogens with zero attached hydrogens (tertiary/aromatic N) is 1. The van der Waals surface area contributed by atoms with E-state index in [9.17, 15) is 9.59 Å². The summed E-state index contributed by atoms with van der Waals surface area (Å²) in [5.41, 5.74) is 7.38. The number of carbonyl (C=O) groups excluding carboxylic acids is 2. The second-order valence-corrected chi connectivity index (χ2v) is 9.23. The molecule has 0 saturated carbocycles. The van der Waals surface area contributed by atoms with Gasteiger partial charge in [0.15, 0.2) is 0 Å². The molecule has 2 unspecified atom stereocenters. The molecule has 7 heteroatoms. The average Bonchev–Trinajstić information content (AvgIpc) is 2.71. The molecule has 1 aliphatic rings. The lowest BCUT2D eigenvalue weighted by Gasteiger charge is -2.31. The van der Waals surface area contributed by atoms with Crippen molar-refractivity contribution in [1.82, 2.24) is 4.90 Å². The van der Waals surface area contributed by atoms with E-state index in [0.29, 0.717) is 11.6 Å². The van der Waals surface area contributed by atoms with Crippen LogP contribution in [-0.2, 0) is 16.1 Å². The fraction of sp³-hybridized carbons (Fsp3) is 0.364. The third-order valence-electron chi connectivity index (χ3n) is 5.03. The van der Waals surface area contributed by atoms with E-state index in [0.717, 1.165) is 42.1 Å². The molecular formula is C22H26ClN3O2S. The molecular weight excluding hydrogens is 406 g/mol. The summed E-state index contributed by atoms with van der Waals surface area (Å²) in [4.78, 5) is 27.2. The molecule has 0 bridgehead atoms. The Kier molecular flexibility index (Phi) is 7.58. The molecule has 0 spiro atoms. The van der Waals surface area contributed by atoms with Gasteiger partial charge in [0.2, 0.25) is 11.8 Å². The summed E-state index contributed by atoms with van der Waals surface area (Å²) in [6.45, 7) is 4.35. The number of hydrogen-bond acceptors (Lipinski definition) is 4. The molecule has 2 amide bonds. The molecule has 2 aromatic carbocycles. The first-order valence-corrected chi connectivity index (χ1v) is 11.0. The van der Waals surface area contributed by atoms with Gasteiger partial charge in [-0.05, 0) is 68.3 Å². The quantitative estimate of drug-likeness (QED) is 0.645. The Labute approximate surface area is 181 Å². The van der Waals surface area contributed by atoms with Crippen LogP contribution in [0.15, 0.2) is 53.4 Å². The first kappa shape index (κ1) is 21.7. The number of nitrogens with one attached hydrogen (secondary N) is 1. The van der Waals surface area contributed by atoms with Crippen molar-refractivity contribution in [3.05, 3.63) is 59.1 Å². The zero-order valence-corrected chi connectivity index (χ0v) is 18.0. The molecule has 5 nitrogen and oxygen atoms in total. The van der Waals surface area contributed by atoms with Crippen LogP contribution < -0.4 is 11.1 Å². The molecule has 0 aliphatic carbocycles. The van der Waals surface area contributed by atoms with E-state index in [2.05, 4.69) is 10.2 Å². The number of amides is 2. The molecule has 2 aromatic rings. The fourth-order valence-corrected chi connectivity index (χ4v) is 4.39. The minimum atomic E-state index is -0.227. The highest BCUT2D eigenvalue weighted by Gasteiger charge is 2.23. The van der Waals surface area contributed by atoms with Gasteiger partial charge in [0.1, 0.15) is 0 Å². The topological polar surface area (TPSA) is 75.4 Å². The van der Waals surface area contributed by atoms with Crippen LogP contribution in [0.2, 0.25) is 5.02 Å². The second kappa shape index (κ2) is 10.1. The molecule has 1 heterocycles. The number of anilines is 1. The van der Waals surface area contributed by atoms with Gasteiger partial charge in [-0.3, -0.25) is 14.5 Å². The zero-order valence-electron chi connectivity index (χ0n) is 16.4. The Morgan fingerprint density at radius 3 is 2.55 bits per heavy atom. The zero-order chi connectivity index (χ0) is 20.8. The van der Waals surface area contributed by atoms with Gasteiger partial charge >= 0.3 is 0 Å². The number of halogens is 1. The van der Waals surface area contributed by atoms with E-state index in [4.69, 9.17) is 17.3 Å². The van der Waals surface area contributed by atoms with Gasteiger partial charge in [0.05, 0.1) is 11.2 Å². The van der Waals surface area contributed by atoms with Crippen LogP contribution in [-0.4, -0.2) is 35.1 Å². The molecule has 1 saturated heterocycles. The van der Waals surface area contributed by atoms with Gasteiger partial charge in [0, 0.05) is 28.7 Å². The van der Waals surface area contributed by atoms with Crippen molar-refractivity contribution in [3.63, 3.8) is 0 Å². The number of rotatable bonds is 7. The molecule has 29 heavy (non-hydrogen) atoms. The van der Waals surface area contributed by atoms with Crippen molar-refractivity contribution in [2.24, 2.45) is 11.7 Å². The third-order valence-corrected chi connectivity index (χ3v) is 6.40. The molecule has 3 rings (SSSR count). The minimum Gasteiger partial charge on any atom is -0.369 e. The van der Waals surface area contributed by atoms with Crippen molar-refractivity contribution in [2.75, 3.05) is 18.4 Å².